The third kappa shape index (κ3) is 3.87. The van der Waals surface area contributed by atoms with Crippen LogP contribution in [0, 0.1) is 10.1 Å². The molecular formula is C14H19N3O3S. The van der Waals surface area contributed by atoms with Gasteiger partial charge in [-0.25, -0.2) is 0 Å². The molecule has 0 spiro atoms. The number of carbonyl (C=O) groups excluding carboxylic acids is 1. The minimum Gasteiger partial charge on any atom is -0.377 e. The van der Waals surface area contributed by atoms with E-state index in [0.29, 0.717) is 16.9 Å². The van der Waals surface area contributed by atoms with E-state index in [1.165, 1.54) is 6.07 Å². The third-order valence-electron chi connectivity index (χ3n) is 3.34. The lowest BCUT2D eigenvalue weighted by molar-refractivity contribution is -0.384. The number of rotatable bonds is 7. The molecule has 2 rings (SSSR count). The highest BCUT2D eigenvalue weighted by Gasteiger charge is 2.25. The van der Waals surface area contributed by atoms with Crippen LogP contribution in [0.1, 0.15) is 25.8 Å². The van der Waals surface area contributed by atoms with Crippen molar-refractivity contribution in [3.63, 3.8) is 0 Å². The highest BCUT2D eigenvalue weighted by molar-refractivity contribution is 7.99. The summed E-state index contributed by atoms with van der Waals surface area (Å²) >= 11 is 1.85. The minimum atomic E-state index is -0.404. The maximum Gasteiger partial charge on any atom is 0.292 e. The average molecular weight is 309 g/mol. The van der Waals surface area contributed by atoms with Gasteiger partial charge in [0.05, 0.1) is 11.3 Å². The number of nitro groups is 1. The molecule has 1 aliphatic rings. The molecule has 2 N–H and O–H groups in total. The Labute approximate surface area is 127 Å². The molecule has 0 aromatic heterocycles. The van der Waals surface area contributed by atoms with Gasteiger partial charge in [-0.1, -0.05) is 6.92 Å². The molecule has 6 nitrogen and oxygen atoms in total. The predicted octanol–water partition coefficient (Wildman–Crippen LogP) is 3.03. The number of nitrogens with zero attached hydrogens (tertiary/aromatic N) is 1. The number of hydrogen-bond donors (Lipinski definition) is 2. The first kappa shape index (κ1) is 15.6. The van der Waals surface area contributed by atoms with Gasteiger partial charge in [-0.05, 0) is 36.5 Å². The van der Waals surface area contributed by atoms with Crippen LogP contribution in [0.3, 0.4) is 0 Å². The number of benzene rings is 1. The SMILES string of the molecule is CCSCCC(C)Nc1cc2c(cc1[N+](=O)[O-])CC(=O)N2. The van der Waals surface area contributed by atoms with Crippen molar-refractivity contribution in [3.05, 3.63) is 27.8 Å². The van der Waals surface area contributed by atoms with Crippen molar-refractivity contribution in [2.24, 2.45) is 0 Å². The summed E-state index contributed by atoms with van der Waals surface area (Å²) in [5, 5.41) is 17.1. The Balaban J connectivity index is 2.16. The van der Waals surface area contributed by atoms with Gasteiger partial charge in [-0.15, -0.1) is 0 Å². The van der Waals surface area contributed by atoms with Gasteiger partial charge in [0.15, 0.2) is 0 Å². The number of fused-ring (bicyclic) bond motifs is 1. The van der Waals surface area contributed by atoms with Gasteiger partial charge in [0.2, 0.25) is 5.91 Å². The van der Waals surface area contributed by atoms with Crippen LogP contribution in [0.2, 0.25) is 0 Å². The van der Waals surface area contributed by atoms with Gasteiger partial charge in [-0.2, -0.15) is 11.8 Å². The van der Waals surface area contributed by atoms with Crippen LogP contribution in [-0.4, -0.2) is 28.4 Å². The fraction of sp³-hybridized carbons (Fsp3) is 0.500. The molecule has 7 heteroatoms. The topological polar surface area (TPSA) is 84.3 Å². The second-order valence-corrected chi connectivity index (χ2v) is 6.43. The summed E-state index contributed by atoms with van der Waals surface area (Å²) < 4.78 is 0. The summed E-state index contributed by atoms with van der Waals surface area (Å²) in [4.78, 5) is 22.2. The molecule has 1 heterocycles. The lowest BCUT2D eigenvalue weighted by atomic mass is 10.1. The van der Waals surface area contributed by atoms with Crippen molar-refractivity contribution >= 4 is 34.7 Å². The van der Waals surface area contributed by atoms with Gasteiger partial charge >= 0.3 is 0 Å². The molecule has 0 saturated carbocycles. The molecule has 1 aliphatic heterocycles. The summed E-state index contributed by atoms with van der Waals surface area (Å²) in [6.45, 7) is 4.11. The number of thioether (sulfide) groups is 1. The van der Waals surface area contributed by atoms with Gasteiger partial charge in [0, 0.05) is 17.8 Å². The zero-order chi connectivity index (χ0) is 15.4. The van der Waals surface area contributed by atoms with Crippen molar-refractivity contribution in [2.75, 3.05) is 22.1 Å². The molecule has 0 bridgehead atoms. The van der Waals surface area contributed by atoms with E-state index in [4.69, 9.17) is 0 Å². The van der Waals surface area contributed by atoms with E-state index >= 15 is 0 Å². The van der Waals surface area contributed by atoms with Crippen molar-refractivity contribution in [3.8, 4) is 0 Å². The normalized spacial score (nSPS) is 14.5. The number of nitrogens with one attached hydrogen (secondary N) is 2. The zero-order valence-corrected chi connectivity index (χ0v) is 13.0. The fourth-order valence-corrected chi connectivity index (χ4v) is 3.08. The van der Waals surface area contributed by atoms with Crippen molar-refractivity contribution in [1.82, 2.24) is 0 Å². The second kappa shape index (κ2) is 6.80. The molecule has 0 saturated heterocycles. The zero-order valence-electron chi connectivity index (χ0n) is 12.1. The number of anilines is 2. The highest BCUT2D eigenvalue weighted by atomic mass is 32.2. The Kier molecular flexibility index (Phi) is 5.06. The fourth-order valence-electron chi connectivity index (χ4n) is 2.27. The first-order chi connectivity index (χ1) is 10.0. The Morgan fingerprint density at radius 1 is 1.52 bits per heavy atom. The second-order valence-electron chi connectivity index (χ2n) is 5.04. The molecule has 0 fully saturated rings. The molecule has 1 amide bonds. The first-order valence-corrected chi connectivity index (χ1v) is 8.12. The van der Waals surface area contributed by atoms with Crippen LogP contribution in [0.4, 0.5) is 17.1 Å². The molecule has 21 heavy (non-hydrogen) atoms. The predicted molar refractivity (Wildman–Crippen MR) is 86.1 cm³/mol. The molecule has 114 valence electrons. The van der Waals surface area contributed by atoms with E-state index in [9.17, 15) is 14.9 Å². The summed E-state index contributed by atoms with van der Waals surface area (Å²) in [5.41, 5.74) is 1.85. The van der Waals surface area contributed by atoms with E-state index in [1.54, 1.807) is 6.07 Å². The molecule has 1 aromatic carbocycles. The highest BCUT2D eigenvalue weighted by Crippen LogP contribution is 2.35. The smallest absolute Gasteiger partial charge is 0.292 e. The minimum absolute atomic E-state index is 0.0280. The van der Waals surface area contributed by atoms with Crippen LogP contribution in [0.25, 0.3) is 0 Å². The number of carbonyl (C=O) groups is 1. The molecule has 1 aromatic rings. The van der Waals surface area contributed by atoms with Gasteiger partial charge in [0.25, 0.3) is 5.69 Å². The van der Waals surface area contributed by atoms with Crippen molar-refractivity contribution in [1.29, 1.82) is 0 Å². The average Bonchev–Trinajstić information content (AvgIpc) is 2.77. The summed E-state index contributed by atoms with van der Waals surface area (Å²) in [7, 11) is 0. The molecule has 0 aliphatic carbocycles. The summed E-state index contributed by atoms with van der Waals surface area (Å²) in [5.74, 6) is 1.96. The number of hydrogen-bond acceptors (Lipinski definition) is 5. The van der Waals surface area contributed by atoms with Gasteiger partial charge in [-0.3, -0.25) is 14.9 Å². The standard InChI is InChI=1S/C14H19N3O3S/c1-3-21-5-4-9(2)15-12-8-11-10(7-14(18)16-11)6-13(12)17(19)20/h6,8-9,15H,3-5,7H2,1-2H3,(H,16,18). The molecule has 0 radical (unpaired) electrons. The van der Waals surface area contributed by atoms with Crippen LogP contribution in [0.15, 0.2) is 12.1 Å². The van der Waals surface area contributed by atoms with Gasteiger partial charge in [0.1, 0.15) is 5.69 Å². The third-order valence-corrected chi connectivity index (χ3v) is 4.28. The molecule has 1 unspecified atom stereocenters. The van der Waals surface area contributed by atoms with Crippen LogP contribution < -0.4 is 10.6 Å². The van der Waals surface area contributed by atoms with Crippen molar-refractivity contribution < 1.29 is 9.72 Å². The van der Waals surface area contributed by atoms with E-state index < -0.39 is 4.92 Å². The molecule has 1 atom stereocenters. The van der Waals surface area contributed by atoms with Crippen LogP contribution in [0.5, 0.6) is 0 Å². The maximum atomic E-state index is 11.4. The summed E-state index contributed by atoms with van der Waals surface area (Å²) in [6.07, 6.45) is 1.14. The van der Waals surface area contributed by atoms with E-state index in [1.807, 2.05) is 18.7 Å². The number of nitro benzene ring substituents is 1. The van der Waals surface area contributed by atoms with E-state index in [-0.39, 0.29) is 24.1 Å². The van der Waals surface area contributed by atoms with E-state index in [0.717, 1.165) is 17.9 Å². The Bertz CT molecular complexity index is 563. The van der Waals surface area contributed by atoms with Crippen LogP contribution in [-0.2, 0) is 11.2 Å². The Morgan fingerprint density at radius 3 is 2.95 bits per heavy atom. The van der Waals surface area contributed by atoms with Crippen molar-refractivity contribution in [2.45, 2.75) is 32.7 Å². The quantitative estimate of drug-likeness (QED) is 0.459. The lowest BCUT2D eigenvalue weighted by Crippen LogP contribution is -2.17. The molecular weight excluding hydrogens is 290 g/mol. The maximum absolute atomic E-state index is 11.4. The Morgan fingerprint density at radius 2 is 2.29 bits per heavy atom. The van der Waals surface area contributed by atoms with E-state index in [2.05, 4.69) is 17.6 Å². The Hall–Kier alpha value is -1.76. The lowest BCUT2D eigenvalue weighted by Gasteiger charge is -2.16. The van der Waals surface area contributed by atoms with Gasteiger partial charge < -0.3 is 10.6 Å². The largest absolute Gasteiger partial charge is 0.377 e. The monoisotopic (exact) mass is 309 g/mol. The number of amides is 1. The first-order valence-electron chi connectivity index (χ1n) is 6.96. The summed E-state index contributed by atoms with van der Waals surface area (Å²) in [6, 6.07) is 3.29. The van der Waals surface area contributed by atoms with Crippen LogP contribution >= 0.6 is 11.8 Å².